The van der Waals surface area contributed by atoms with Gasteiger partial charge in [0.2, 0.25) is 0 Å². The molecule has 0 radical (unpaired) electrons. The number of methoxy groups -OCH3 is 1. The van der Waals surface area contributed by atoms with Crippen LogP contribution in [0.5, 0.6) is 5.75 Å². The van der Waals surface area contributed by atoms with Gasteiger partial charge in [-0.1, -0.05) is 19.1 Å². The van der Waals surface area contributed by atoms with Crippen LogP contribution in [0.2, 0.25) is 0 Å². The molecule has 18 heavy (non-hydrogen) atoms. The Bertz CT molecular complexity index is 421. The van der Waals surface area contributed by atoms with Crippen LogP contribution in [0.15, 0.2) is 18.2 Å². The molecule has 0 aliphatic heterocycles. The Labute approximate surface area is 110 Å². The van der Waals surface area contributed by atoms with Crippen molar-refractivity contribution in [1.82, 2.24) is 4.90 Å². The summed E-state index contributed by atoms with van der Waals surface area (Å²) in [5.74, 6) is 0.870. The Morgan fingerprint density at radius 2 is 2.11 bits per heavy atom. The summed E-state index contributed by atoms with van der Waals surface area (Å²) < 4.78 is 5.31. The smallest absolute Gasteiger partial charge is 0.122 e. The fraction of sp³-hybridized carbons (Fsp3) is 0.533. The summed E-state index contributed by atoms with van der Waals surface area (Å²) in [5, 5.41) is 9.28. The van der Waals surface area contributed by atoms with Crippen LogP contribution in [0.4, 0.5) is 0 Å². The van der Waals surface area contributed by atoms with Gasteiger partial charge in [-0.3, -0.25) is 0 Å². The second-order valence-corrected chi connectivity index (χ2v) is 4.70. The number of nitriles is 1. The fourth-order valence-electron chi connectivity index (χ4n) is 1.98. The van der Waals surface area contributed by atoms with Gasteiger partial charge in [0.1, 0.15) is 5.75 Å². The van der Waals surface area contributed by atoms with E-state index in [0.29, 0.717) is 0 Å². The molecule has 98 valence electrons. The zero-order valence-corrected chi connectivity index (χ0v) is 11.7. The summed E-state index contributed by atoms with van der Waals surface area (Å²) in [6.07, 6.45) is 1.78. The van der Waals surface area contributed by atoms with Crippen molar-refractivity contribution < 1.29 is 4.74 Å². The molecule has 0 heterocycles. The maximum Gasteiger partial charge on any atom is 0.122 e. The van der Waals surface area contributed by atoms with Crippen LogP contribution in [-0.2, 0) is 6.42 Å². The summed E-state index contributed by atoms with van der Waals surface area (Å²) in [7, 11) is 5.74. The molecule has 0 N–H and O–H groups in total. The Kier molecular flexibility index (Phi) is 5.67. The highest BCUT2D eigenvalue weighted by Crippen LogP contribution is 2.26. The standard InChI is InChI=1S/C15H22N2O/c1-5-12-10-13(6-7-15(12)18-4)14(11-16)8-9-17(2)3/h6-7,10,14H,5,8-9H2,1-4H3. The lowest BCUT2D eigenvalue weighted by Gasteiger charge is -2.15. The predicted octanol–water partition coefficient (Wildman–Crippen LogP) is 2.82. The Hall–Kier alpha value is -1.53. The molecule has 1 aromatic rings. The topological polar surface area (TPSA) is 36.3 Å². The van der Waals surface area contributed by atoms with Crippen molar-refractivity contribution in [2.24, 2.45) is 0 Å². The highest BCUT2D eigenvalue weighted by Gasteiger charge is 2.13. The van der Waals surface area contributed by atoms with Crippen molar-refractivity contribution in [3.8, 4) is 11.8 Å². The Morgan fingerprint density at radius 1 is 1.39 bits per heavy atom. The monoisotopic (exact) mass is 246 g/mol. The van der Waals surface area contributed by atoms with E-state index in [9.17, 15) is 5.26 Å². The third kappa shape index (κ3) is 3.75. The predicted molar refractivity (Wildman–Crippen MR) is 73.9 cm³/mol. The van der Waals surface area contributed by atoms with Gasteiger partial charge in [-0.15, -0.1) is 0 Å². The van der Waals surface area contributed by atoms with Gasteiger partial charge in [-0.2, -0.15) is 5.26 Å². The fourth-order valence-corrected chi connectivity index (χ4v) is 1.98. The average Bonchev–Trinajstić information content (AvgIpc) is 2.38. The lowest BCUT2D eigenvalue weighted by Crippen LogP contribution is -2.15. The molecule has 1 atom stereocenters. The van der Waals surface area contributed by atoms with Crippen LogP contribution < -0.4 is 4.74 Å². The largest absolute Gasteiger partial charge is 0.496 e. The molecule has 3 nitrogen and oxygen atoms in total. The molecule has 1 aromatic carbocycles. The second kappa shape index (κ2) is 7.03. The summed E-state index contributed by atoms with van der Waals surface area (Å²) in [6.45, 7) is 3.02. The lowest BCUT2D eigenvalue weighted by molar-refractivity contribution is 0.393. The van der Waals surface area contributed by atoms with E-state index in [-0.39, 0.29) is 5.92 Å². The molecule has 0 aromatic heterocycles. The Balaban J connectivity index is 2.90. The quantitative estimate of drug-likeness (QED) is 0.774. The van der Waals surface area contributed by atoms with Crippen molar-refractivity contribution in [3.63, 3.8) is 0 Å². The molecule has 0 amide bonds. The van der Waals surface area contributed by atoms with Gasteiger partial charge in [-0.25, -0.2) is 0 Å². The van der Waals surface area contributed by atoms with E-state index >= 15 is 0 Å². The molecular formula is C15H22N2O. The molecule has 3 heteroatoms. The highest BCUT2D eigenvalue weighted by molar-refractivity contribution is 5.40. The molecule has 0 bridgehead atoms. The van der Waals surface area contributed by atoms with Crippen LogP contribution in [-0.4, -0.2) is 32.6 Å². The number of rotatable bonds is 6. The van der Waals surface area contributed by atoms with Gasteiger partial charge in [-0.05, 0) is 50.7 Å². The van der Waals surface area contributed by atoms with E-state index in [1.807, 2.05) is 26.2 Å². The van der Waals surface area contributed by atoms with Crippen molar-refractivity contribution in [1.29, 1.82) is 5.26 Å². The SMILES string of the molecule is CCc1cc(C(C#N)CCN(C)C)ccc1OC. The van der Waals surface area contributed by atoms with Gasteiger partial charge >= 0.3 is 0 Å². The minimum Gasteiger partial charge on any atom is -0.496 e. The number of hydrogen-bond donors (Lipinski definition) is 0. The van der Waals surface area contributed by atoms with E-state index in [4.69, 9.17) is 4.74 Å². The molecule has 1 unspecified atom stereocenters. The molecule has 0 saturated carbocycles. The molecule has 1 rings (SSSR count). The van der Waals surface area contributed by atoms with Crippen LogP contribution in [0.1, 0.15) is 30.4 Å². The molecule has 0 spiro atoms. The molecular weight excluding hydrogens is 224 g/mol. The minimum absolute atomic E-state index is 0.0383. The third-order valence-corrected chi connectivity index (χ3v) is 3.11. The number of ether oxygens (including phenoxy) is 1. The van der Waals surface area contributed by atoms with Crippen LogP contribution in [0, 0.1) is 11.3 Å². The van der Waals surface area contributed by atoms with E-state index < -0.39 is 0 Å². The van der Waals surface area contributed by atoms with E-state index in [1.165, 1.54) is 5.56 Å². The average molecular weight is 246 g/mol. The van der Waals surface area contributed by atoms with Gasteiger partial charge in [0.25, 0.3) is 0 Å². The maximum atomic E-state index is 9.28. The first kappa shape index (κ1) is 14.5. The first-order valence-corrected chi connectivity index (χ1v) is 6.33. The zero-order valence-electron chi connectivity index (χ0n) is 11.7. The van der Waals surface area contributed by atoms with Gasteiger partial charge < -0.3 is 9.64 Å². The second-order valence-electron chi connectivity index (χ2n) is 4.70. The van der Waals surface area contributed by atoms with Gasteiger partial charge in [0, 0.05) is 0 Å². The third-order valence-electron chi connectivity index (χ3n) is 3.11. The van der Waals surface area contributed by atoms with Gasteiger partial charge in [0.05, 0.1) is 19.1 Å². The van der Waals surface area contributed by atoms with Crippen molar-refractivity contribution >= 4 is 0 Å². The van der Waals surface area contributed by atoms with E-state index in [1.54, 1.807) is 7.11 Å². The summed E-state index contributed by atoms with van der Waals surface area (Å²) in [5.41, 5.74) is 2.26. The van der Waals surface area contributed by atoms with Crippen LogP contribution in [0.25, 0.3) is 0 Å². The summed E-state index contributed by atoms with van der Waals surface area (Å²) in [6, 6.07) is 8.46. The van der Waals surface area contributed by atoms with Crippen molar-refractivity contribution in [2.45, 2.75) is 25.7 Å². The number of aryl methyl sites for hydroxylation is 1. The maximum absolute atomic E-state index is 9.28. The normalized spacial score (nSPS) is 12.2. The number of nitrogens with zero attached hydrogens (tertiary/aromatic N) is 2. The van der Waals surface area contributed by atoms with Crippen molar-refractivity contribution in [3.05, 3.63) is 29.3 Å². The number of benzene rings is 1. The van der Waals surface area contributed by atoms with Gasteiger partial charge in [0.15, 0.2) is 0 Å². The summed E-state index contributed by atoms with van der Waals surface area (Å²) >= 11 is 0. The van der Waals surface area contributed by atoms with E-state index in [0.717, 1.165) is 30.7 Å². The molecule has 0 fully saturated rings. The first-order valence-electron chi connectivity index (χ1n) is 6.33. The van der Waals surface area contributed by atoms with Crippen LogP contribution >= 0.6 is 0 Å². The van der Waals surface area contributed by atoms with Crippen LogP contribution in [0.3, 0.4) is 0 Å². The molecule has 0 aliphatic rings. The zero-order chi connectivity index (χ0) is 13.5. The highest BCUT2D eigenvalue weighted by atomic mass is 16.5. The summed E-state index contributed by atoms with van der Waals surface area (Å²) in [4.78, 5) is 2.11. The first-order chi connectivity index (χ1) is 8.62. The van der Waals surface area contributed by atoms with E-state index in [2.05, 4.69) is 24.0 Å². The lowest BCUT2D eigenvalue weighted by atomic mass is 9.94. The number of hydrogen-bond acceptors (Lipinski definition) is 3. The molecule has 0 aliphatic carbocycles. The minimum atomic E-state index is -0.0383. The van der Waals surface area contributed by atoms with Crippen molar-refractivity contribution in [2.75, 3.05) is 27.7 Å². The Morgan fingerprint density at radius 3 is 2.61 bits per heavy atom. The molecule has 0 saturated heterocycles.